The summed E-state index contributed by atoms with van der Waals surface area (Å²) in [5, 5.41) is 1.49. The van der Waals surface area contributed by atoms with E-state index in [1.807, 2.05) is 11.3 Å². The third-order valence-corrected chi connectivity index (χ3v) is 7.04. The third-order valence-electron chi connectivity index (χ3n) is 5.86. The van der Waals surface area contributed by atoms with E-state index in [-0.39, 0.29) is 12.4 Å². The Labute approximate surface area is 159 Å². The molecule has 5 rings (SSSR count). The van der Waals surface area contributed by atoms with Gasteiger partial charge in [-0.1, -0.05) is 36.8 Å². The van der Waals surface area contributed by atoms with Crippen LogP contribution in [0.5, 0.6) is 0 Å². The largest absolute Gasteiger partial charge is 0.241 e. The van der Waals surface area contributed by atoms with Crippen LogP contribution in [-0.2, 0) is 19.3 Å². The number of hydrogen-bond acceptors (Lipinski definition) is 2. The lowest BCUT2D eigenvalue weighted by molar-refractivity contribution is 0.577. The van der Waals surface area contributed by atoms with Crippen molar-refractivity contribution in [3.63, 3.8) is 0 Å². The van der Waals surface area contributed by atoms with Gasteiger partial charge < -0.3 is 0 Å². The van der Waals surface area contributed by atoms with E-state index in [9.17, 15) is 0 Å². The van der Waals surface area contributed by atoms with Gasteiger partial charge in [-0.25, -0.2) is 4.98 Å². The van der Waals surface area contributed by atoms with E-state index in [0.717, 1.165) is 0 Å². The maximum absolute atomic E-state index is 5.18. The van der Waals surface area contributed by atoms with Crippen LogP contribution in [0, 0.1) is 6.92 Å². The summed E-state index contributed by atoms with van der Waals surface area (Å²) in [4.78, 5) is 8.07. The number of benzene rings is 1. The molecule has 0 N–H and O–H groups in total. The molecule has 0 fully saturated rings. The zero-order chi connectivity index (χ0) is 16.3. The lowest BCUT2D eigenvalue weighted by atomic mass is 9.82. The standard InChI is InChI=1S/C22H23NS.ClH/c1-13-9-11-15(12-10-13)19-17-7-3-5-14(2)21(17)23-22-20(19)16-6-4-8-18(16)24-22;/h9-12,14H,3-8H2,1-2H3;1H. The first-order chi connectivity index (χ1) is 11.7. The fourth-order valence-corrected chi connectivity index (χ4v) is 5.88. The van der Waals surface area contributed by atoms with Gasteiger partial charge >= 0.3 is 0 Å². The zero-order valence-electron chi connectivity index (χ0n) is 14.9. The van der Waals surface area contributed by atoms with Gasteiger partial charge in [0, 0.05) is 16.0 Å². The molecular formula is C22H24ClNS. The van der Waals surface area contributed by atoms with Crippen LogP contribution in [0.2, 0.25) is 0 Å². The molecule has 3 aromatic rings. The molecule has 1 atom stereocenters. The minimum Gasteiger partial charge on any atom is -0.241 e. The lowest BCUT2D eigenvalue weighted by Crippen LogP contribution is -2.11. The number of halogens is 1. The Hall–Kier alpha value is -1.38. The monoisotopic (exact) mass is 369 g/mol. The van der Waals surface area contributed by atoms with Crippen molar-refractivity contribution in [1.82, 2.24) is 4.98 Å². The van der Waals surface area contributed by atoms with Gasteiger partial charge in [0.2, 0.25) is 0 Å². The average Bonchev–Trinajstić information content (AvgIpc) is 3.15. The van der Waals surface area contributed by atoms with E-state index in [4.69, 9.17) is 4.98 Å². The van der Waals surface area contributed by atoms with Gasteiger partial charge in [0.05, 0.1) is 0 Å². The maximum atomic E-state index is 5.18. The highest BCUT2D eigenvalue weighted by Gasteiger charge is 2.28. The van der Waals surface area contributed by atoms with E-state index in [0.29, 0.717) is 5.92 Å². The highest BCUT2D eigenvalue weighted by Crippen LogP contribution is 2.46. The van der Waals surface area contributed by atoms with Crippen LogP contribution in [0.4, 0.5) is 0 Å². The second-order valence-corrected chi connectivity index (χ2v) is 8.63. The predicted octanol–water partition coefficient (Wildman–Crippen LogP) is 6.62. The molecule has 1 unspecified atom stereocenters. The van der Waals surface area contributed by atoms with Gasteiger partial charge in [0.25, 0.3) is 0 Å². The number of fused-ring (bicyclic) bond motifs is 4. The van der Waals surface area contributed by atoms with Crippen LogP contribution in [0.25, 0.3) is 21.3 Å². The Morgan fingerprint density at radius 1 is 1.00 bits per heavy atom. The fourth-order valence-electron chi connectivity index (χ4n) is 4.60. The van der Waals surface area contributed by atoms with Crippen molar-refractivity contribution >= 4 is 34.0 Å². The highest BCUT2D eigenvalue weighted by molar-refractivity contribution is 7.19. The molecule has 1 nitrogen and oxygen atoms in total. The maximum Gasteiger partial charge on any atom is 0.124 e. The van der Waals surface area contributed by atoms with Gasteiger partial charge in [-0.05, 0) is 73.6 Å². The summed E-state index contributed by atoms with van der Waals surface area (Å²) in [6.07, 6.45) is 7.58. The molecule has 0 bridgehead atoms. The van der Waals surface area contributed by atoms with Gasteiger partial charge in [0.1, 0.15) is 4.83 Å². The summed E-state index contributed by atoms with van der Waals surface area (Å²) in [6, 6.07) is 9.16. The number of pyridine rings is 1. The summed E-state index contributed by atoms with van der Waals surface area (Å²) < 4.78 is 0. The average molecular weight is 370 g/mol. The van der Waals surface area contributed by atoms with Crippen molar-refractivity contribution in [1.29, 1.82) is 0 Å². The van der Waals surface area contributed by atoms with Crippen molar-refractivity contribution in [3.8, 4) is 11.1 Å². The quantitative estimate of drug-likeness (QED) is 0.469. The SMILES string of the molecule is Cc1ccc(-c2c3c(nc4sc5c(c24)CCC5)C(C)CCC3)cc1.Cl. The zero-order valence-corrected chi connectivity index (χ0v) is 16.5. The summed E-state index contributed by atoms with van der Waals surface area (Å²) in [5.74, 6) is 0.597. The second kappa shape index (κ2) is 6.41. The molecular weight excluding hydrogens is 346 g/mol. The van der Waals surface area contributed by atoms with E-state index in [2.05, 4.69) is 38.1 Å². The van der Waals surface area contributed by atoms with Crippen LogP contribution in [0.3, 0.4) is 0 Å². The summed E-state index contributed by atoms with van der Waals surface area (Å²) in [5.41, 5.74) is 8.77. The Morgan fingerprint density at radius 2 is 1.76 bits per heavy atom. The minimum atomic E-state index is 0. The van der Waals surface area contributed by atoms with Crippen LogP contribution < -0.4 is 0 Å². The molecule has 1 aromatic carbocycles. The molecule has 2 aliphatic rings. The molecule has 0 spiro atoms. The normalized spacial score (nSPS) is 18.7. The van der Waals surface area contributed by atoms with Gasteiger partial charge in [-0.2, -0.15) is 0 Å². The molecule has 0 radical (unpaired) electrons. The fraction of sp³-hybridized carbons (Fsp3) is 0.409. The van der Waals surface area contributed by atoms with Gasteiger partial charge in [0.15, 0.2) is 0 Å². The Kier molecular flexibility index (Phi) is 4.37. The molecule has 0 aliphatic heterocycles. The first-order valence-electron chi connectivity index (χ1n) is 9.26. The number of nitrogens with zero attached hydrogens (tertiary/aromatic N) is 1. The first-order valence-corrected chi connectivity index (χ1v) is 10.1. The molecule has 130 valence electrons. The van der Waals surface area contributed by atoms with Crippen molar-refractivity contribution in [2.75, 3.05) is 0 Å². The van der Waals surface area contributed by atoms with Gasteiger partial charge in [-0.15, -0.1) is 23.7 Å². The topological polar surface area (TPSA) is 12.9 Å². The molecule has 0 saturated heterocycles. The second-order valence-electron chi connectivity index (χ2n) is 7.55. The Morgan fingerprint density at radius 3 is 2.56 bits per heavy atom. The van der Waals surface area contributed by atoms with Gasteiger partial charge in [-0.3, -0.25) is 0 Å². The molecule has 2 heterocycles. The Balaban J connectivity index is 0.00000157. The van der Waals surface area contributed by atoms with Crippen LogP contribution in [-0.4, -0.2) is 4.98 Å². The van der Waals surface area contributed by atoms with Crippen LogP contribution in [0.1, 0.15) is 59.4 Å². The van der Waals surface area contributed by atoms with Crippen LogP contribution in [0.15, 0.2) is 24.3 Å². The molecule has 0 saturated carbocycles. The summed E-state index contributed by atoms with van der Waals surface area (Å²) in [6.45, 7) is 4.53. The number of hydrogen-bond donors (Lipinski definition) is 0. The molecule has 3 heteroatoms. The van der Waals surface area contributed by atoms with Crippen molar-refractivity contribution in [2.24, 2.45) is 0 Å². The van der Waals surface area contributed by atoms with Crippen molar-refractivity contribution < 1.29 is 0 Å². The van der Waals surface area contributed by atoms with E-state index >= 15 is 0 Å². The predicted molar refractivity (Wildman–Crippen MR) is 110 cm³/mol. The van der Waals surface area contributed by atoms with Crippen molar-refractivity contribution in [3.05, 3.63) is 51.5 Å². The minimum absolute atomic E-state index is 0. The summed E-state index contributed by atoms with van der Waals surface area (Å²) in [7, 11) is 0. The lowest BCUT2D eigenvalue weighted by Gasteiger charge is -2.25. The summed E-state index contributed by atoms with van der Waals surface area (Å²) >= 11 is 1.96. The van der Waals surface area contributed by atoms with Crippen molar-refractivity contribution in [2.45, 2.75) is 58.3 Å². The van der Waals surface area contributed by atoms with E-state index < -0.39 is 0 Å². The van der Waals surface area contributed by atoms with E-state index in [1.165, 1.54) is 76.7 Å². The van der Waals surface area contributed by atoms with E-state index in [1.54, 1.807) is 10.4 Å². The molecule has 2 aliphatic carbocycles. The molecule has 25 heavy (non-hydrogen) atoms. The smallest absolute Gasteiger partial charge is 0.124 e. The number of aryl methyl sites for hydroxylation is 3. The number of rotatable bonds is 1. The van der Waals surface area contributed by atoms with Crippen LogP contribution >= 0.6 is 23.7 Å². The first kappa shape index (κ1) is 17.1. The third kappa shape index (κ3) is 2.62. The highest BCUT2D eigenvalue weighted by atomic mass is 35.5. The number of thiophene rings is 1. The number of aromatic nitrogens is 1. The molecule has 0 amide bonds. The molecule has 2 aromatic heterocycles. The Bertz CT molecular complexity index is 939.